The molecule has 0 bridgehead atoms. The van der Waals surface area contributed by atoms with E-state index in [1.165, 1.54) is 5.56 Å². The topological polar surface area (TPSA) is 40.2 Å². The Morgan fingerprint density at radius 3 is 3.10 bits per heavy atom. The van der Waals surface area contributed by atoms with Gasteiger partial charge in [-0.15, -0.1) is 0 Å². The number of ether oxygens (including phenoxy) is 4. The van der Waals surface area contributed by atoms with E-state index < -0.39 is 0 Å². The van der Waals surface area contributed by atoms with Gasteiger partial charge in [0.05, 0.1) is 13.2 Å². The molecule has 2 aliphatic heterocycles. The quantitative estimate of drug-likeness (QED) is 0.846. The second-order valence-electron chi connectivity index (χ2n) is 5.30. The Balaban J connectivity index is 1.77. The minimum absolute atomic E-state index is 0.268. The van der Waals surface area contributed by atoms with Gasteiger partial charge in [0.15, 0.2) is 11.5 Å². The summed E-state index contributed by atoms with van der Waals surface area (Å²) < 4.78 is 22.0. The predicted molar refractivity (Wildman–Crippen MR) is 74.4 cm³/mol. The van der Waals surface area contributed by atoms with Crippen LogP contribution in [0.3, 0.4) is 0 Å². The summed E-state index contributed by atoms with van der Waals surface area (Å²) in [6.45, 7) is 6.13. The Bertz CT molecular complexity index is 477. The lowest BCUT2D eigenvalue weighted by Gasteiger charge is -2.22. The highest BCUT2D eigenvalue weighted by atomic mass is 16.7. The molecule has 1 aromatic rings. The van der Waals surface area contributed by atoms with E-state index in [4.69, 9.17) is 18.9 Å². The van der Waals surface area contributed by atoms with Gasteiger partial charge in [0.2, 0.25) is 12.5 Å². The van der Waals surface area contributed by atoms with Gasteiger partial charge >= 0.3 is 0 Å². The molecule has 1 saturated heterocycles. The largest absolute Gasteiger partial charge is 0.493 e. The zero-order chi connectivity index (χ0) is 13.9. The van der Waals surface area contributed by atoms with Crippen molar-refractivity contribution in [3.8, 4) is 17.2 Å². The fourth-order valence-electron chi connectivity index (χ4n) is 2.76. The van der Waals surface area contributed by atoms with Crippen LogP contribution in [0.25, 0.3) is 0 Å². The smallest absolute Gasteiger partial charge is 0.231 e. The number of rotatable bonds is 3. The van der Waals surface area contributed by atoms with E-state index in [-0.39, 0.29) is 12.9 Å². The molecule has 1 atom stereocenters. The number of methoxy groups -OCH3 is 1. The summed E-state index contributed by atoms with van der Waals surface area (Å²) in [6.07, 6.45) is 1.36. The van der Waals surface area contributed by atoms with Gasteiger partial charge in [-0.1, -0.05) is 0 Å². The van der Waals surface area contributed by atoms with Crippen molar-refractivity contribution in [2.24, 2.45) is 0 Å². The van der Waals surface area contributed by atoms with Crippen LogP contribution in [0.4, 0.5) is 0 Å². The normalized spacial score (nSPS) is 22.6. The molecule has 0 radical (unpaired) electrons. The van der Waals surface area contributed by atoms with Crippen LogP contribution in [0.5, 0.6) is 17.2 Å². The maximum atomic E-state index is 5.68. The highest BCUT2D eigenvalue weighted by molar-refractivity contribution is 5.55. The lowest BCUT2D eigenvalue weighted by atomic mass is 10.1. The lowest BCUT2D eigenvalue weighted by molar-refractivity contribution is 0.0668. The van der Waals surface area contributed by atoms with E-state index in [0.29, 0.717) is 5.75 Å². The molecule has 0 N–H and O–H groups in total. The highest BCUT2D eigenvalue weighted by Gasteiger charge is 2.22. The summed E-state index contributed by atoms with van der Waals surface area (Å²) in [4.78, 5) is 2.41. The summed E-state index contributed by atoms with van der Waals surface area (Å²) in [5.74, 6) is 2.23. The van der Waals surface area contributed by atoms with Crippen molar-refractivity contribution in [1.29, 1.82) is 0 Å². The fourth-order valence-corrected chi connectivity index (χ4v) is 2.76. The van der Waals surface area contributed by atoms with E-state index in [0.717, 1.165) is 44.2 Å². The Morgan fingerprint density at radius 1 is 1.35 bits per heavy atom. The SMILES string of the molecule is COc1cc(CN2CCCO[C@@H](C)C2)cc2c1OCO2. The second-order valence-corrected chi connectivity index (χ2v) is 5.30. The molecule has 3 rings (SSSR count). The highest BCUT2D eigenvalue weighted by Crippen LogP contribution is 2.42. The van der Waals surface area contributed by atoms with Gasteiger partial charge in [-0.2, -0.15) is 0 Å². The van der Waals surface area contributed by atoms with Crippen molar-refractivity contribution in [2.45, 2.75) is 26.0 Å². The number of benzene rings is 1. The molecule has 2 aliphatic rings. The van der Waals surface area contributed by atoms with Crippen LogP contribution in [-0.4, -0.2) is 44.6 Å². The van der Waals surface area contributed by atoms with E-state index in [1.54, 1.807) is 7.11 Å². The maximum Gasteiger partial charge on any atom is 0.231 e. The number of hydrogen-bond donors (Lipinski definition) is 0. The van der Waals surface area contributed by atoms with Crippen molar-refractivity contribution >= 4 is 0 Å². The minimum atomic E-state index is 0.268. The van der Waals surface area contributed by atoms with Gasteiger partial charge in [-0.05, 0) is 31.0 Å². The van der Waals surface area contributed by atoms with Crippen molar-refractivity contribution in [3.63, 3.8) is 0 Å². The Labute approximate surface area is 119 Å². The molecule has 0 unspecified atom stereocenters. The molecule has 0 spiro atoms. The third kappa shape index (κ3) is 2.83. The Hall–Kier alpha value is -1.46. The number of fused-ring (bicyclic) bond motifs is 1. The van der Waals surface area contributed by atoms with Crippen LogP contribution in [0, 0.1) is 0 Å². The Morgan fingerprint density at radius 2 is 2.25 bits per heavy atom. The van der Waals surface area contributed by atoms with Gasteiger partial charge in [-0.25, -0.2) is 0 Å². The summed E-state index contributed by atoms with van der Waals surface area (Å²) in [5.41, 5.74) is 1.18. The number of nitrogens with zero attached hydrogens (tertiary/aromatic N) is 1. The lowest BCUT2D eigenvalue weighted by Crippen LogP contribution is -2.29. The Kier molecular flexibility index (Phi) is 3.98. The second kappa shape index (κ2) is 5.89. The molecule has 0 aliphatic carbocycles. The maximum absolute atomic E-state index is 5.68. The van der Waals surface area contributed by atoms with E-state index in [2.05, 4.69) is 11.8 Å². The molecular weight excluding hydrogens is 258 g/mol. The molecule has 2 heterocycles. The first-order valence-electron chi connectivity index (χ1n) is 7.06. The molecule has 20 heavy (non-hydrogen) atoms. The molecule has 0 aromatic heterocycles. The van der Waals surface area contributed by atoms with Crippen LogP contribution in [0.1, 0.15) is 18.9 Å². The van der Waals surface area contributed by atoms with Gasteiger partial charge in [0.25, 0.3) is 0 Å². The van der Waals surface area contributed by atoms with Crippen molar-refractivity contribution in [3.05, 3.63) is 17.7 Å². The summed E-state index contributed by atoms with van der Waals surface area (Å²) >= 11 is 0. The van der Waals surface area contributed by atoms with Crippen LogP contribution in [-0.2, 0) is 11.3 Å². The predicted octanol–water partition coefficient (Wildman–Crippen LogP) is 2.03. The van der Waals surface area contributed by atoms with Crippen molar-refractivity contribution < 1.29 is 18.9 Å². The fraction of sp³-hybridized carbons (Fsp3) is 0.600. The molecular formula is C15H21NO4. The molecule has 0 saturated carbocycles. The van der Waals surface area contributed by atoms with Crippen LogP contribution < -0.4 is 14.2 Å². The average molecular weight is 279 g/mol. The third-order valence-corrected chi connectivity index (χ3v) is 3.66. The zero-order valence-electron chi connectivity index (χ0n) is 12.1. The van der Waals surface area contributed by atoms with Gasteiger partial charge in [-0.3, -0.25) is 4.90 Å². The van der Waals surface area contributed by atoms with Gasteiger partial charge in [0.1, 0.15) is 0 Å². The molecule has 0 amide bonds. The van der Waals surface area contributed by atoms with E-state index in [1.807, 2.05) is 12.1 Å². The zero-order valence-corrected chi connectivity index (χ0v) is 12.1. The third-order valence-electron chi connectivity index (χ3n) is 3.66. The summed E-state index contributed by atoms with van der Waals surface area (Å²) in [5, 5.41) is 0. The summed E-state index contributed by atoms with van der Waals surface area (Å²) in [6, 6.07) is 4.07. The van der Waals surface area contributed by atoms with Crippen LogP contribution in [0.2, 0.25) is 0 Å². The van der Waals surface area contributed by atoms with E-state index >= 15 is 0 Å². The van der Waals surface area contributed by atoms with Crippen LogP contribution >= 0.6 is 0 Å². The van der Waals surface area contributed by atoms with Crippen molar-refractivity contribution in [1.82, 2.24) is 4.90 Å². The molecule has 5 heteroatoms. The molecule has 110 valence electrons. The molecule has 1 fully saturated rings. The summed E-state index contributed by atoms with van der Waals surface area (Å²) in [7, 11) is 1.66. The number of hydrogen-bond acceptors (Lipinski definition) is 5. The first kappa shape index (κ1) is 13.5. The van der Waals surface area contributed by atoms with Crippen LogP contribution in [0.15, 0.2) is 12.1 Å². The average Bonchev–Trinajstić information content (AvgIpc) is 2.81. The molecule has 5 nitrogen and oxygen atoms in total. The van der Waals surface area contributed by atoms with E-state index in [9.17, 15) is 0 Å². The monoisotopic (exact) mass is 279 g/mol. The molecule has 1 aromatic carbocycles. The first-order chi connectivity index (χ1) is 9.76. The van der Waals surface area contributed by atoms with Gasteiger partial charge in [0, 0.05) is 26.2 Å². The van der Waals surface area contributed by atoms with Crippen molar-refractivity contribution in [2.75, 3.05) is 33.6 Å². The minimum Gasteiger partial charge on any atom is -0.493 e. The standard InChI is InChI=1S/C15H21NO4/c1-11-8-16(4-3-5-18-11)9-12-6-13(17-2)15-14(7-12)19-10-20-15/h6-7,11H,3-5,8-10H2,1-2H3/t11-/m0/s1. The first-order valence-corrected chi connectivity index (χ1v) is 7.06. The van der Waals surface area contributed by atoms with Gasteiger partial charge < -0.3 is 18.9 Å².